The second kappa shape index (κ2) is 7.31. The molecule has 0 bridgehead atoms. The zero-order valence-electron chi connectivity index (χ0n) is 15.5. The number of ether oxygens (including phenoxy) is 4. The van der Waals surface area contributed by atoms with E-state index in [9.17, 15) is 5.11 Å². The fourth-order valence-corrected chi connectivity index (χ4v) is 4.91. The van der Waals surface area contributed by atoms with E-state index in [1.54, 1.807) is 20.4 Å². The molecule has 1 aromatic rings. The highest BCUT2D eigenvalue weighted by Crippen LogP contribution is 2.45. The van der Waals surface area contributed by atoms with Gasteiger partial charge < -0.3 is 24.1 Å². The van der Waals surface area contributed by atoms with Gasteiger partial charge in [0, 0.05) is 62.9 Å². The third-order valence-corrected chi connectivity index (χ3v) is 6.28. The van der Waals surface area contributed by atoms with Crippen LogP contribution in [0.4, 0.5) is 0 Å². The first kappa shape index (κ1) is 18.0. The average molecular weight is 364 g/mol. The van der Waals surface area contributed by atoms with Crippen molar-refractivity contribution >= 4 is 0 Å². The third kappa shape index (κ3) is 2.97. The van der Waals surface area contributed by atoms with Crippen LogP contribution in [-0.2, 0) is 16.0 Å². The van der Waals surface area contributed by atoms with Crippen LogP contribution in [0.25, 0.3) is 0 Å². The van der Waals surface area contributed by atoms with Crippen LogP contribution in [0.15, 0.2) is 12.3 Å². The number of hydrogen-bond donors (Lipinski definition) is 1. The average Bonchev–Trinajstić information content (AvgIpc) is 2.68. The van der Waals surface area contributed by atoms with Crippen molar-refractivity contribution in [2.24, 2.45) is 11.8 Å². The summed E-state index contributed by atoms with van der Waals surface area (Å²) in [5, 5.41) is 11.4. The molecule has 4 rings (SSSR count). The molecule has 3 aliphatic heterocycles. The molecule has 0 radical (unpaired) electrons. The molecule has 4 atom stereocenters. The smallest absolute Gasteiger partial charge is 0.183 e. The first-order valence-corrected chi connectivity index (χ1v) is 9.35. The van der Waals surface area contributed by atoms with Gasteiger partial charge >= 0.3 is 0 Å². The van der Waals surface area contributed by atoms with E-state index < -0.39 is 5.60 Å². The van der Waals surface area contributed by atoms with Gasteiger partial charge in [-0.25, -0.2) is 0 Å². The second-order valence-electron chi connectivity index (χ2n) is 7.47. The fraction of sp³-hybridized carbons (Fsp3) is 0.737. The van der Waals surface area contributed by atoms with Gasteiger partial charge in [0.25, 0.3) is 0 Å². The lowest BCUT2D eigenvalue weighted by Crippen LogP contribution is -2.67. The number of aromatic nitrogens is 1. The van der Waals surface area contributed by atoms with E-state index in [0.717, 1.165) is 25.3 Å². The maximum Gasteiger partial charge on any atom is 0.183 e. The van der Waals surface area contributed by atoms with Gasteiger partial charge in [-0.05, 0) is 6.42 Å². The Morgan fingerprint density at radius 3 is 2.92 bits per heavy atom. The summed E-state index contributed by atoms with van der Waals surface area (Å²) in [6.45, 7) is 4.02. The third-order valence-electron chi connectivity index (χ3n) is 6.28. The Bertz CT molecular complexity index is 642. The maximum absolute atomic E-state index is 11.4. The van der Waals surface area contributed by atoms with Gasteiger partial charge in [-0.15, -0.1) is 0 Å². The molecule has 0 spiro atoms. The number of rotatable bonds is 4. The number of methoxy groups -OCH3 is 2. The highest BCUT2D eigenvalue weighted by molar-refractivity contribution is 5.42. The van der Waals surface area contributed by atoms with E-state index in [1.807, 2.05) is 6.07 Å². The van der Waals surface area contributed by atoms with Crippen LogP contribution in [0.3, 0.4) is 0 Å². The maximum atomic E-state index is 11.4. The normalized spacial score (nSPS) is 34.7. The molecule has 0 aliphatic carbocycles. The van der Waals surface area contributed by atoms with Crippen LogP contribution < -0.4 is 9.47 Å². The van der Waals surface area contributed by atoms with Crippen LogP contribution >= 0.6 is 0 Å². The molecular weight excluding hydrogens is 336 g/mol. The number of piperidine rings is 1. The number of hydrogen-bond acceptors (Lipinski definition) is 7. The topological polar surface area (TPSA) is 73.3 Å². The zero-order valence-corrected chi connectivity index (χ0v) is 15.5. The van der Waals surface area contributed by atoms with Crippen molar-refractivity contribution in [3.05, 3.63) is 18.0 Å². The predicted octanol–water partition coefficient (Wildman–Crippen LogP) is 1.09. The summed E-state index contributed by atoms with van der Waals surface area (Å²) < 4.78 is 22.4. The van der Waals surface area contributed by atoms with Gasteiger partial charge in [-0.3, -0.25) is 9.88 Å². The largest absolute Gasteiger partial charge is 0.493 e. The highest BCUT2D eigenvalue weighted by Gasteiger charge is 2.55. The molecule has 0 saturated carbocycles. The van der Waals surface area contributed by atoms with Crippen LogP contribution in [0, 0.1) is 11.8 Å². The number of nitrogens with zero attached hydrogens (tertiary/aromatic N) is 2. The highest BCUT2D eigenvalue weighted by atomic mass is 16.5. The Kier molecular flexibility index (Phi) is 5.05. The Morgan fingerprint density at radius 2 is 2.12 bits per heavy atom. The van der Waals surface area contributed by atoms with E-state index in [2.05, 4.69) is 9.88 Å². The fourth-order valence-electron chi connectivity index (χ4n) is 4.91. The van der Waals surface area contributed by atoms with Gasteiger partial charge in [0.05, 0.1) is 33.0 Å². The summed E-state index contributed by atoms with van der Waals surface area (Å²) >= 11 is 0. The second-order valence-corrected chi connectivity index (χ2v) is 7.47. The summed E-state index contributed by atoms with van der Waals surface area (Å²) in [5.74, 6) is 1.57. The lowest BCUT2D eigenvalue weighted by Gasteiger charge is -2.57. The van der Waals surface area contributed by atoms with Gasteiger partial charge in [-0.1, -0.05) is 0 Å². The standard InChI is InChI=1S/C19H28N2O5/c1-23-17-3-6-20-15(18(17)24-2)10-21-9-13-11-26-8-5-19(13,22)14-12-25-7-4-16(14)21/h3,6,13-14,16,22H,4-5,7-12H2,1-2H3/t13-,14+,16-,19-/m0/s1. The van der Waals surface area contributed by atoms with Gasteiger partial charge in [0.1, 0.15) is 5.69 Å². The monoisotopic (exact) mass is 364 g/mol. The SMILES string of the molecule is COc1ccnc(CN2C[C@H]3COCC[C@@]3(O)[C@@H]3COCC[C@@H]32)c1OC. The minimum absolute atomic E-state index is 0.0933. The van der Waals surface area contributed by atoms with Crippen LogP contribution in [0.1, 0.15) is 18.5 Å². The summed E-state index contributed by atoms with van der Waals surface area (Å²) in [4.78, 5) is 6.96. The van der Waals surface area contributed by atoms with E-state index in [0.29, 0.717) is 44.3 Å². The van der Waals surface area contributed by atoms with E-state index in [-0.39, 0.29) is 17.9 Å². The number of fused-ring (bicyclic) bond motifs is 3. The number of likely N-dealkylation sites (tertiary alicyclic amines) is 1. The van der Waals surface area contributed by atoms with Crippen molar-refractivity contribution in [2.45, 2.75) is 31.0 Å². The molecule has 4 heterocycles. The summed E-state index contributed by atoms with van der Waals surface area (Å²) in [5.41, 5.74) is 0.172. The molecule has 7 heteroatoms. The van der Waals surface area contributed by atoms with Crippen molar-refractivity contribution < 1.29 is 24.1 Å². The van der Waals surface area contributed by atoms with Gasteiger partial charge in [0.2, 0.25) is 0 Å². The molecule has 3 saturated heterocycles. The van der Waals surface area contributed by atoms with Gasteiger partial charge in [-0.2, -0.15) is 0 Å². The summed E-state index contributed by atoms with van der Waals surface area (Å²) in [6.07, 6.45) is 3.37. The molecule has 0 aromatic carbocycles. The molecule has 7 nitrogen and oxygen atoms in total. The minimum Gasteiger partial charge on any atom is -0.493 e. The Morgan fingerprint density at radius 1 is 1.27 bits per heavy atom. The molecule has 0 unspecified atom stereocenters. The quantitative estimate of drug-likeness (QED) is 0.857. The molecule has 3 aliphatic rings. The summed E-state index contributed by atoms with van der Waals surface area (Å²) in [6, 6.07) is 2.09. The first-order valence-electron chi connectivity index (χ1n) is 9.35. The molecule has 1 aromatic heterocycles. The van der Waals surface area contributed by atoms with Crippen molar-refractivity contribution in [2.75, 3.05) is 47.2 Å². The van der Waals surface area contributed by atoms with Crippen LogP contribution in [0.5, 0.6) is 11.5 Å². The molecular formula is C19H28N2O5. The molecule has 144 valence electrons. The molecule has 1 N–H and O–H groups in total. The molecule has 26 heavy (non-hydrogen) atoms. The summed E-state index contributed by atoms with van der Waals surface area (Å²) in [7, 11) is 3.28. The number of pyridine rings is 1. The van der Waals surface area contributed by atoms with Crippen molar-refractivity contribution in [1.82, 2.24) is 9.88 Å². The first-order chi connectivity index (χ1) is 12.7. The van der Waals surface area contributed by atoms with E-state index >= 15 is 0 Å². The Labute approximate surface area is 154 Å². The zero-order chi connectivity index (χ0) is 18.1. The van der Waals surface area contributed by atoms with Crippen molar-refractivity contribution in [3.63, 3.8) is 0 Å². The minimum atomic E-state index is -0.689. The van der Waals surface area contributed by atoms with E-state index in [1.165, 1.54) is 0 Å². The Balaban J connectivity index is 1.62. The van der Waals surface area contributed by atoms with Gasteiger partial charge in [0.15, 0.2) is 11.5 Å². The molecule has 3 fully saturated rings. The lowest BCUT2D eigenvalue weighted by molar-refractivity contribution is -0.221. The number of aliphatic hydroxyl groups is 1. The van der Waals surface area contributed by atoms with E-state index in [4.69, 9.17) is 18.9 Å². The molecule has 0 amide bonds. The lowest BCUT2D eigenvalue weighted by atomic mass is 9.66. The van der Waals surface area contributed by atoms with Crippen LogP contribution in [0.2, 0.25) is 0 Å². The van der Waals surface area contributed by atoms with Crippen LogP contribution in [-0.4, -0.2) is 73.8 Å². The van der Waals surface area contributed by atoms with Crippen molar-refractivity contribution in [1.29, 1.82) is 0 Å². The predicted molar refractivity (Wildman–Crippen MR) is 94.3 cm³/mol. The Hall–Kier alpha value is -1.41. The van der Waals surface area contributed by atoms with Crippen molar-refractivity contribution in [3.8, 4) is 11.5 Å².